The second kappa shape index (κ2) is 9.72. The highest BCUT2D eigenvalue weighted by molar-refractivity contribution is 7.79. The van der Waals surface area contributed by atoms with Crippen molar-refractivity contribution in [3.63, 3.8) is 0 Å². The van der Waals surface area contributed by atoms with E-state index >= 15 is 0 Å². The molecule has 0 radical (unpaired) electrons. The van der Waals surface area contributed by atoms with Gasteiger partial charge in [-0.1, -0.05) is 52.6 Å². The first-order chi connectivity index (χ1) is 17.5. The van der Waals surface area contributed by atoms with Gasteiger partial charge < -0.3 is 14.4 Å². The molecule has 3 aromatic rings. The molecule has 1 amide bonds. The number of anilines is 1. The Balaban J connectivity index is 1.28. The van der Waals surface area contributed by atoms with Gasteiger partial charge in [-0.05, 0) is 54.1 Å². The molecule has 196 valence electrons. The lowest BCUT2D eigenvalue weighted by Crippen LogP contribution is -2.34. The number of hydrogen-bond acceptors (Lipinski definition) is 6. The highest BCUT2D eigenvalue weighted by atomic mass is 35.5. The van der Waals surface area contributed by atoms with Crippen LogP contribution in [0.25, 0.3) is 0 Å². The highest BCUT2D eigenvalue weighted by Gasteiger charge is 2.54. The Labute approximate surface area is 224 Å². The van der Waals surface area contributed by atoms with Crippen molar-refractivity contribution >= 4 is 45.9 Å². The van der Waals surface area contributed by atoms with Crippen molar-refractivity contribution in [2.24, 2.45) is 0 Å². The van der Waals surface area contributed by atoms with Gasteiger partial charge in [-0.25, -0.2) is 8.78 Å². The Morgan fingerprint density at radius 2 is 1.84 bits per heavy atom. The second-order valence-electron chi connectivity index (χ2n) is 9.69. The smallest absolute Gasteiger partial charge is 0.249 e. The molecule has 1 aromatic heterocycles. The van der Waals surface area contributed by atoms with E-state index in [1.54, 1.807) is 43.3 Å². The highest BCUT2D eigenvalue weighted by Crippen LogP contribution is 2.58. The summed E-state index contributed by atoms with van der Waals surface area (Å²) in [6.45, 7) is 1.58. The molecule has 0 saturated heterocycles. The Kier molecular flexibility index (Phi) is 6.89. The summed E-state index contributed by atoms with van der Waals surface area (Å²) in [5.74, 6) is -2.84. The molecule has 2 saturated carbocycles. The monoisotopic (exact) mass is 568 g/mol. The van der Waals surface area contributed by atoms with Gasteiger partial charge in [0.05, 0.1) is 11.8 Å². The van der Waals surface area contributed by atoms with E-state index in [4.69, 9.17) is 27.7 Å². The fourth-order valence-electron chi connectivity index (χ4n) is 4.65. The number of rotatable bonds is 8. The van der Waals surface area contributed by atoms with Gasteiger partial charge in [0.25, 0.3) is 0 Å². The van der Waals surface area contributed by atoms with E-state index in [0.717, 1.165) is 0 Å². The maximum atomic E-state index is 13.2. The van der Waals surface area contributed by atoms with Crippen molar-refractivity contribution in [1.82, 2.24) is 10.1 Å². The zero-order valence-electron chi connectivity index (χ0n) is 19.6. The summed E-state index contributed by atoms with van der Waals surface area (Å²) in [6.07, 6.45) is 0.809. The first-order valence-corrected chi connectivity index (χ1v) is 13.5. The molecular formula is C25H22Cl2F2N3O4S-. The largest absolute Gasteiger partial charge is 0.772 e. The van der Waals surface area contributed by atoms with Gasteiger partial charge in [0, 0.05) is 45.3 Å². The summed E-state index contributed by atoms with van der Waals surface area (Å²) in [5.41, 5.74) is 1.69. The molecule has 2 atom stereocenters. The molecule has 0 spiro atoms. The van der Waals surface area contributed by atoms with Gasteiger partial charge >= 0.3 is 0 Å². The van der Waals surface area contributed by atoms with Crippen LogP contribution >= 0.6 is 23.2 Å². The Morgan fingerprint density at radius 3 is 2.38 bits per heavy atom. The van der Waals surface area contributed by atoms with Crippen molar-refractivity contribution in [3.8, 4) is 0 Å². The summed E-state index contributed by atoms with van der Waals surface area (Å²) < 4.78 is 54.2. The second-order valence-corrected chi connectivity index (χ2v) is 11.7. The molecule has 1 heterocycles. The Hall–Kier alpha value is -2.40. The molecule has 7 nitrogen and oxygen atoms in total. The van der Waals surface area contributed by atoms with Gasteiger partial charge in [-0.2, -0.15) is 4.98 Å². The van der Waals surface area contributed by atoms with Crippen LogP contribution in [0.1, 0.15) is 72.2 Å². The number of carbonyl (C=O) groups excluding carboxylic acids is 1. The molecule has 2 unspecified atom stereocenters. The molecule has 2 fully saturated rings. The van der Waals surface area contributed by atoms with Crippen LogP contribution < -0.4 is 5.32 Å². The molecular weight excluding hydrogens is 547 g/mol. The molecule has 5 rings (SSSR count). The Morgan fingerprint density at radius 1 is 1.22 bits per heavy atom. The van der Waals surface area contributed by atoms with Crippen molar-refractivity contribution < 1.29 is 26.9 Å². The molecule has 12 heteroatoms. The first kappa shape index (κ1) is 26.2. The predicted molar refractivity (Wildman–Crippen MR) is 134 cm³/mol. The number of alkyl halides is 2. The van der Waals surface area contributed by atoms with E-state index in [-0.39, 0.29) is 31.0 Å². The average Bonchev–Trinajstić information content (AvgIpc) is 3.43. The number of aromatic nitrogens is 2. The summed E-state index contributed by atoms with van der Waals surface area (Å²) in [5, 5.41) is 6.70. The van der Waals surface area contributed by atoms with Crippen LogP contribution in [0.3, 0.4) is 0 Å². The van der Waals surface area contributed by atoms with E-state index in [0.29, 0.717) is 51.2 Å². The van der Waals surface area contributed by atoms with Crippen molar-refractivity contribution in [2.45, 2.75) is 61.5 Å². The van der Waals surface area contributed by atoms with E-state index < -0.39 is 33.6 Å². The Bertz CT molecular complexity index is 1350. The van der Waals surface area contributed by atoms with Crippen LogP contribution in [0.5, 0.6) is 0 Å². The fraction of sp³-hybridized carbons (Fsp3) is 0.400. The lowest BCUT2D eigenvalue weighted by atomic mass is 9.81. The van der Waals surface area contributed by atoms with Gasteiger partial charge in [0.2, 0.25) is 17.7 Å². The molecule has 1 N–H and O–H groups in total. The third kappa shape index (κ3) is 5.30. The van der Waals surface area contributed by atoms with Crippen LogP contribution in [0.15, 0.2) is 40.9 Å². The minimum Gasteiger partial charge on any atom is -0.772 e. The number of nitrogens with one attached hydrogen (secondary N) is 1. The van der Waals surface area contributed by atoms with Gasteiger partial charge in [0.1, 0.15) is 0 Å². The van der Waals surface area contributed by atoms with Crippen LogP contribution in [0.2, 0.25) is 10.0 Å². The topological polar surface area (TPSA) is 108 Å². The van der Waals surface area contributed by atoms with E-state index in [1.807, 2.05) is 0 Å². The van der Waals surface area contributed by atoms with Gasteiger partial charge in [0.15, 0.2) is 5.82 Å². The maximum absolute atomic E-state index is 13.2. The fourth-order valence-corrected chi connectivity index (χ4v) is 5.87. The van der Waals surface area contributed by atoms with Crippen molar-refractivity contribution in [2.75, 3.05) is 5.32 Å². The number of benzene rings is 2. The summed E-state index contributed by atoms with van der Waals surface area (Å²) >= 11 is 11.0. The predicted octanol–water partition coefficient (Wildman–Crippen LogP) is 6.09. The first-order valence-electron chi connectivity index (χ1n) is 11.7. The van der Waals surface area contributed by atoms with Crippen molar-refractivity contribution in [1.29, 1.82) is 0 Å². The lowest BCUT2D eigenvalue weighted by Gasteiger charge is -2.32. The molecule has 2 aliphatic rings. The number of halogens is 4. The van der Waals surface area contributed by atoms with Crippen molar-refractivity contribution in [3.05, 3.63) is 74.8 Å². The zero-order chi connectivity index (χ0) is 26.5. The summed E-state index contributed by atoms with van der Waals surface area (Å²) in [7, 11) is 0. The minimum atomic E-state index is -2.68. The summed E-state index contributed by atoms with van der Waals surface area (Å²) in [6, 6.07) is 9.97. The number of amides is 1. The van der Waals surface area contributed by atoms with Crippen LogP contribution in [-0.2, 0) is 27.7 Å². The summed E-state index contributed by atoms with van der Waals surface area (Å²) in [4.78, 5) is 17.0. The molecule has 2 aromatic carbocycles. The molecule has 0 aliphatic heterocycles. The zero-order valence-corrected chi connectivity index (χ0v) is 21.9. The quantitative estimate of drug-likeness (QED) is 0.329. The normalized spacial score (nSPS) is 19.6. The lowest BCUT2D eigenvalue weighted by molar-refractivity contribution is -0.115. The van der Waals surface area contributed by atoms with Crippen LogP contribution in [0, 0.1) is 0 Å². The van der Waals surface area contributed by atoms with Gasteiger partial charge in [-0.3, -0.25) is 9.00 Å². The number of carbonyl (C=O) groups is 1. The molecule has 37 heavy (non-hydrogen) atoms. The van der Waals surface area contributed by atoms with E-state index in [2.05, 4.69) is 15.5 Å². The third-order valence-electron chi connectivity index (χ3n) is 6.96. The standard InChI is InChI=1S/C25H23Cl2F2N3O4S/c1-13(37(34)35)15-4-2-14(3-5-15)8-20(33)30-17-9-18(26)21(19(27)10-17)24(6-7-24)23-31-22(32-36-23)16-11-25(28,29)12-16/h2-5,9-10,13,16H,6-8,11-12H2,1H3,(H,30,33)(H,34,35)/p-1. The average molecular weight is 569 g/mol. The SMILES string of the molecule is CC(c1ccc(CC(=O)Nc2cc(Cl)c(C3(c4nc(C5CC(F)(F)C5)no4)CC3)c(Cl)c2)cc1)S(=O)[O-]. The van der Waals surface area contributed by atoms with Crippen LogP contribution in [-0.4, -0.2) is 30.7 Å². The van der Waals surface area contributed by atoms with E-state index in [9.17, 15) is 22.3 Å². The minimum absolute atomic E-state index is 0.0705. The third-order valence-corrected chi connectivity index (χ3v) is 8.41. The maximum Gasteiger partial charge on any atom is 0.249 e. The number of hydrogen-bond donors (Lipinski definition) is 1. The molecule has 2 aliphatic carbocycles. The van der Waals surface area contributed by atoms with Gasteiger partial charge in [-0.15, -0.1) is 0 Å². The van der Waals surface area contributed by atoms with E-state index in [1.165, 1.54) is 0 Å². The number of nitrogens with zero attached hydrogens (tertiary/aromatic N) is 2. The van der Waals surface area contributed by atoms with Crippen LogP contribution in [0.4, 0.5) is 14.5 Å². The molecule has 0 bridgehead atoms.